The van der Waals surface area contributed by atoms with Crippen LogP contribution in [0.5, 0.6) is 0 Å². The molecule has 2 atom stereocenters. The Hall–Kier alpha value is -1.63. The largest absolute Gasteiger partial charge is 0.444 e. The molecule has 2 heterocycles. The maximum Gasteiger partial charge on any atom is 0.410 e. The summed E-state index contributed by atoms with van der Waals surface area (Å²) in [4.78, 5) is 14.7. The van der Waals surface area contributed by atoms with Gasteiger partial charge in [-0.3, -0.25) is 0 Å². The maximum absolute atomic E-state index is 12.8. The minimum Gasteiger partial charge on any atom is -0.444 e. The Morgan fingerprint density at radius 2 is 1.71 bits per heavy atom. The van der Waals surface area contributed by atoms with Gasteiger partial charge in [0.1, 0.15) is 5.60 Å². The van der Waals surface area contributed by atoms with Gasteiger partial charge >= 0.3 is 6.09 Å². The van der Waals surface area contributed by atoms with Gasteiger partial charge in [-0.15, -0.1) is 0 Å². The SMILES string of the molecule is COC(OC)c1ccccc1C1(O)CC2CCCC(C1)N2C(=O)OC(C)(C)C. The number of ether oxygens (including phenoxy) is 3. The minimum atomic E-state index is -1.03. The molecule has 0 radical (unpaired) electrons. The first-order valence-corrected chi connectivity index (χ1v) is 10.1. The van der Waals surface area contributed by atoms with Crippen molar-refractivity contribution in [1.29, 1.82) is 0 Å². The molecule has 1 aromatic rings. The fourth-order valence-electron chi connectivity index (χ4n) is 4.74. The lowest BCUT2D eigenvalue weighted by molar-refractivity contribution is -0.117. The monoisotopic (exact) mass is 391 g/mol. The summed E-state index contributed by atoms with van der Waals surface area (Å²) in [5.74, 6) is 0. The standard InChI is InChI=1S/C22H33NO5/c1-21(2,3)28-20(24)23-15-9-8-10-16(23)14-22(25,13-15)18-12-7-6-11-17(18)19(26-4)27-5/h6-7,11-12,15-16,19,25H,8-10,13-14H2,1-5H3. The fraction of sp³-hybridized carbons (Fsp3) is 0.682. The first kappa shape index (κ1) is 21.1. The number of amides is 1. The lowest BCUT2D eigenvalue weighted by Gasteiger charge is -2.52. The summed E-state index contributed by atoms with van der Waals surface area (Å²) in [7, 11) is 3.18. The van der Waals surface area contributed by atoms with Gasteiger partial charge in [0.05, 0.1) is 5.60 Å². The molecule has 2 aliphatic heterocycles. The van der Waals surface area contributed by atoms with Crippen molar-refractivity contribution < 1.29 is 24.1 Å². The van der Waals surface area contributed by atoms with Crippen LogP contribution in [0.1, 0.15) is 70.3 Å². The highest BCUT2D eigenvalue weighted by Crippen LogP contribution is 2.46. The zero-order valence-corrected chi connectivity index (χ0v) is 17.6. The second kappa shape index (κ2) is 8.01. The van der Waals surface area contributed by atoms with Crippen LogP contribution in [-0.2, 0) is 19.8 Å². The second-order valence-electron chi connectivity index (χ2n) is 8.96. The molecule has 2 unspecified atom stereocenters. The normalized spacial score (nSPS) is 27.8. The van der Waals surface area contributed by atoms with Crippen LogP contribution in [0.25, 0.3) is 0 Å². The Bertz CT molecular complexity index is 680. The second-order valence-corrected chi connectivity index (χ2v) is 8.96. The van der Waals surface area contributed by atoms with Gasteiger partial charge < -0.3 is 24.2 Å². The van der Waals surface area contributed by atoms with Crippen LogP contribution < -0.4 is 0 Å². The van der Waals surface area contributed by atoms with E-state index in [1.165, 1.54) is 0 Å². The summed E-state index contributed by atoms with van der Waals surface area (Å²) < 4.78 is 16.6. The van der Waals surface area contributed by atoms with E-state index in [0.717, 1.165) is 30.4 Å². The first-order chi connectivity index (χ1) is 13.2. The number of hydrogen-bond donors (Lipinski definition) is 1. The fourth-order valence-corrected chi connectivity index (χ4v) is 4.74. The van der Waals surface area contributed by atoms with E-state index in [0.29, 0.717) is 12.8 Å². The quantitative estimate of drug-likeness (QED) is 0.782. The highest BCUT2D eigenvalue weighted by molar-refractivity contribution is 5.69. The number of carbonyl (C=O) groups excluding carboxylic acids is 1. The molecule has 0 aromatic heterocycles. The number of aliphatic hydroxyl groups is 1. The average molecular weight is 392 g/mol. The van der Waals surface area contributed by atoms with Crippen LogP contribution in [0.2, 0.25) is 0 Å². The molecule has 2 saturated heterocycles. The topological polar surface area (TPSA) is 68.2 Å². The number of methoxy groups -OCH3 is 2. The molecule has 6 nitrogen and oxygen atoms in total. The van der Waals surface area contributed by atoms with E-state index in [1.807, 2.05) is 49.9 Å². The third-order valence-corrected chi connectivity index (χ3v) is 5.76. The van der Waals surface area contributed by atoms with E-state index in [9.17, 15) is 9.90 Å². The summed E-state index contributed by atoms with van der Waals surface area (Å²) in [5, 5.41) is 11.7. The Labute approximate surface area is 167 Å². The summed E-state index contributed by atoms with van der Waals surface area (Å²) in [6, 6.07) is 7.65. The number of nitrogens with zero attached hydrogens (tertiary/aromatic N) is 1. The highest BCUT2D eigenvalue weighted by Gasteiger charge is 2.50. The first-order valence-electron chi connectivity index (χ1n) is 10.1. The predicted octanol–water partition coefficient (Wildman–Crippen LogP) is 4.12. The number of benzene rings is 1. The molecule has 2 fully saturated rings. The van der Waals surface area contributed by atoms with E-state index in [1.54, 1.807) is 14.2 Å². The van der Waals surface area contributed by atoms with Crippen molar-refractivity contribution in [3.05, 3.63) is 35.4 Å². The molecule has 1 N–H and O–H groups in total. The van der Waals surface area contributed by atoms with Crippen LogP contribution in [-0.4, -0.2) is 48.0 Å². The Morgan fingerprint density at radius 1 is 1.14 bits per heavy atom. The van der Waals surface area contributed by atoms with Gasteiger partial charge in [-0.1, -0.05) is 24.3 Å². The summed E-state index contributed by atoms with van der Waals surface area (Å²) >= 11 is 0. The lowest BCUT2D eigenvalue weighted by Crippen LogP contribution is -2.59. The van der Waals surface area contributed by atoms with Crippen molar-refractivity contribution in [1.82, 2.24) is 4.90 Å². The smallest absolute Gasteiger partial charge is 0.410 e. The van der Waals surface area contributed by atoms with Crippen LogP contribution in [0.15, 0.2) is 24.3 Å². The average Bonchev–Trinajstić information content (AvgIpc) is 2.61. The number of piperidine rings is 2. The molecule has 1 amide bonds. The van der Waals surface area contributed by atoms with Crippen LogP contribution in [0.4, 0.5) is 4.79 Å². The number of hydrogen-bond acceptors (Lipinski definition) is 5. The summed E-state index contributed by atoms with van der Waals surface area (Å²) in [5.41, 5.74) is 0.0963. The lowest BCUT2D eigenvalue weighted by atomic mass is 9.71. The highest BCUT2D eigenvalue weighted by atomic mass is 16.7. The Kier molecular flexibility index (Phi) is 6.03. The molecule has 1 aromatic carbocycles. The zero-order valence-electron chi connectivity index (χ0n) is 17.6. The van der Waals surface area contributed by atoms with Gasteiger partial charge in [-0.25, -0.2) is 4.79 Å². The molecule has 3 rings (SSSR count). The Balaban J connectivity index is 1.90. The number of carbonyl (C=O) groups is 1. The predicted molar refractivity (Wildman–Crippen MR) is 106 cm³/mol. The van der Waals surface area contributed by atoms with Crippen molar-refractivity contribution in [2.24, 2.45) is 0 Å². The van der Waals surface area contributed by atoms with Gasteiger partial charge in [-0.05, 0) is 45.6 Å². The van der Waals surface area contributed by atoms with Crippen molar-refractivity contribution >= 4 is 6.09 Å². The molecule has 0 aliphatic carbocycles. The summed E-state index contributed by atoms with van der Waals surface area (Å²) in [6.07, 6.45) is 2.97. The molecular formula is C22H33NO5. The third kappa shape index (κ3) is 4.19. The molecule has 156 valence electrons. The molecule has 2 bridgehead atoms. The number of rotatable bonds is 4. The molecule has 0 saturated carbocycles. The van der Waals surface area contributed by atoms with Gasteiger partial charge in [-0.2, -0.15) is 0 Å². The van der Waals surface area contributed by atoms with E-state index in [2.05, 4.69) is 0 Å². The van der Waals surface area contributed by atoms with Gasteiger partial charge in [0.2, 0.25) is 0 Å². The van der Waals surface area contributed by atoms with Gasteiger partial charge in [0.25, 0.3) is 0 Å². The van der Waals surface area contributed by atoms with E-state index in [4.69, 9.17) is 14.2 Å². The summed E-state index contributed by atoms with van der Waals surface area (Å²) in [6.45, 7) is 5.65. The Morgan fingerprint density at radius 3 is 2.25 bits per heavy atom. The van der Waals surface area contributed by atoms with Gasteiger partial charge in [0.15, 0.2) is 6.29 Å². The van der Waals surface area contributed by atoms with Crippen molar-refractivity contribution in [3.8, 4) is 0 Å². The van der Waals surface area contributed by atoms with E-state index < -0.39 is 17.5 Å². The van der Waals surface area contributed by atoms with Crippen LogP contribution >= 0.6 is 0 Å². The zero-order chi connectivity index (χ0) is 20.5. The van der Waals surface area contributed by atoms with E-state index >= 15 is 0 Å². The van der Waals surface area contributed by atoms with E-state index in [-0.39, 0.29) is 18.2 Å². The third-order valence-electron chi connectivity index (χ3n) is 5.76. The maximum atomic E-state index is 12.8. The van der Waals surface area contributed by atoms with Crippen molar-refractivity contribution in [2.45, 2.75) is 82.5 Å². The van der Waals surface area contributed by atoms with Crippen LogP contribution in [0, 0.1) is 0 Å². The number of fused-ring (bicyclic) bond motifs is 2. The molecule has 2 aliphatic rings. The molecular weight excluding hydrogens is 358 g/mol. The van der Waals surface area contributed by atoms with Crippen molar-refractivity contribution in [2.75, 3.05) is 14.2 Å². The van der Waals surface area contributed by atoms with Gasteiger partial charge in [0, 0.05) is 44.7 Å². The molecule has 0 spiro atoms. The minimum absolute atomic E-state index is 0.0380. The molecule has 28 heavy (non-hydrogen) atoms. The van der Waals surface area contributed by atoms with Crippen LogP contribution in [0.3, 0.4) is 0 Å². The van der Waals surface area contributed by atoms with Crippen molar-refractivity contribution in [3.63, 3.8) is 0 Å². The molecule has 6 heteroatoms.